The number of rotatable bonds is 5. The van der Waals surface area contributed by atoms with Crippen LogP contribution in [0.2, 0.25) is 0 Å². The van der Waals surface area contributed by atoms with E-state index in [1.807, 2.05) is 0 Å². The Morgan fingerprint density at radius 1 is 1.13 bits per heavy atom. The molecule has 0 saturated carbocycles. The molecule has 2 aromatic carbocycles. The van der Waals surface area contributed by atoms with Gasteiger partial charge in [-0.05, 0) is 24.3 Å². The molecule has 2 aromatic rings. The minimum Gasteiger partial charge on any atom is -0.483 e. The van der Waals surface area contributed by atoms with E-state index in [4.69, 9.17) is 19.9 Å². The van der Waals surface area contributed by atoms with Crippen molar-refractivity contribution in [3.8, 4) is 17.2 Å². The largest absolute Gasteiger partial charge is 0.483 e. The SMILES string of the molecule is NC(=O)c1ccccc1OCC(=O)Nc1ccc2c(c1)OCO2. The van der Waals surface area contributed by atoms with Gasteiger partial charge in [-0.25, -0.2) is 0 Å². The molecule has 0 aliphatic carbocycles. The first kappa shape index (κ1) is 14.7. The van der Waals surface area contributed by atoms with Gasteiger partial charge >= 0.3 is 0 Å². The number of para-hydroxylation sites is 1. The van der Waals surface area contributed by atoms with Gasteiger partial charge in [-0.2, -0.15) is 0 Å². The number of carbonyl (C=O) groups excluding carboxylic acids is 2. The number of carbonyl (C=O) groups is 2. The molecular formula is C16H14N2O5. The van der Waals surface area contributed by atoms with E-state index >= 15 is 0 Å². The number of hydrogen-bond donors (Lipinski definition) is 2. The third-order valence-electron chi connectivity index (χ3n) is 3.17. The van der Waals surface area contributed by atoms with Crippen LogP contribution in [0.15, 0.2) is 42.5 Å². The number of nitrogens with one attached hydrogen (secondary N) is 1. The van der Waals surface area contributed by atoms with Gasteiger partial charge in [0.05, 0.1) is 5.56 Å². The predicted molar refractivity (Wildman–Crippen MR) is 81.6 cm³/mol. The van der Waals surface area contributed by atoms with E-state index in [-0.39, 0.29) is 30.6 Å². The summed E-state index contributed by atoms with van der Waals surface area (Å²) in [6, 6.07) is 11.5. The van der Waals surface area contributed by atoms with Crippen LogP contribution in [0.5, 0.6) is 17.2 Å². The molecule has 1 aliphatic heterocycles. The molecule has 118 valence electrons. The van der Waals surface area contributed by atoms with Crippen molar-refractivity contribution in [2.75, 3.05) is 18.7 Å². The summed E-state index contributed by atoms with van der Waals surface area (Å²) in [4.78, 5) is 23.2. The summed E-state index contributed by atoms with van der Waals surface area (Å²) in [5.74, 6) is 0.484. The molecule has 0 bridgehead atoms. The monoisotopic (exact) mass is 314 g/mol. The molecule has 2 amide bonds. The molecule has 1 heterocycles. The summed E-state index contributed by atoms with van der Waals surface area (Å²) in [6.07, 6.45) is 0. The molecule has 0 aromatic heterocycles. The number of fused-ring (bicyclic) bond motifs is 1. The van der Waals surface area contributed by atoms with Crippen LogP contribution in [-0.2, 0) is 4.79 Å². The molecule has 23 heavy (non-hydrogen) atoms. The van der Waals surface area contributed by atoms with E-state index in [1.54, 1.807) is 36.4 Å². The van der Waals surface area contributed by atoms with Crippen molar-refractivity contribution in [3.63, 3.8) is 0 Å². The summed E-state index contributed by atoms with van der Waals surface area (Å²) in [7, 11) is 0. The van der Waals surface area contributed by atoms with Crippen molar-refractivity contribution in [3.05, 3.63) is 48.0 Å². The molecule has 1 aliphatic rings. The summed E-state index contributed by atoms with van der Waals surface area (Å²) < 4.78 is 15.8. The van der Waals surface area contributed by atoms with E-state index < -0.39 is 5.91 Å². The minimum absolute atomic E-state index is 0.166. The van der Waals surface area contributed by atoms with Gasteiger partial charge in [0, 0.05) is 11.8 Å². The number of benzene rings is 2. The minimum atomic E-state index is -0.614. The fourth-order valence-electron chi connectivity index (χ4n) is 2.11. The second-order valence-electron chi connectivity index (χ2n) is 4.77. The Bertz CT molecular complexity index is 760. The Labute approximate surface area is 131 Å². The zero-order chi connectivity index (χ0) is 16.2. The fraction of sp³-hybridized carbons (Fsp3) is 0.125. The Morgan fingerprint density at radius 2 is 1.91 bits per heavy atom. The van der Waals surface area contributed by atoms with E-state index in [1.165, 1.54) is 6.07 Å². The van der Waals surface area contributed by atoms with Crippen LogP contribution >= 0.6 is 0 Å². The average Bonchev–Trinajstić information content (AvgIpc) is 3.00. The lowest BCUT2D eigenvalue weighted by atomic mass is 10.2. The number of ether oxygens (including phenoxy) is 3. The van der Waals surface area contributed by atoms with E-state index in [0.717, 1.165) is 0 Å². The molecule has 0 radical (unpaired) electrons. The number of hydrogen-bond acceptors (Lipinski definition) is 5. The highest BCUT2D eigenvalue weighted by atomic mass is 16.7. The van der Waals surface area contributed by atoms with E-state index in [9.17, 15) is 9.59 Å². The molecule has 0 fully saturated rings. The maximum absolute atomic E-state index is 11.9. The fourth-order valence-corrected chi connectivity index (χ4v) is 2.11. The standard InChI is InChI=1S/C16H14N2O5/c17-16(20)11-3-1-2-4-12(11)21-8-15(19)18-10-5-6-13-14(7-10)23-9-22-13/h1-7H,8-9H2,(H2,17,20)(H,18,19). The Hall–Kier alpha value is -3.22. The van der Waals surface area contributed by atoms with Gasteiger partial charge in [-0.15, -0.1) is 0 Å². The van der Waals surface area contributed by atoms with Gasteiger partial charge < -0.3 is 25.3 Å². The van der Waals surface area contributed by atoms with Crippen LogP contribution < -0.4 is 25.3 Å². The summed E-state index contributed by atoms with van der Waals surface area (Å²) in [5, 5.41) is 2.67. The highest BCUT2D eigenvalue weighted by Gasteiger charge is 2.15. The first-order valence-corrected chi connectivity index (χ1v) is 6.84. The maximum Gasteiger partial charge on any atom is 0.262 e. The van der Waals surface area contributed by atoms with Crippen molar-refractivity contribution < 1.29 is 23.8 Å². The van der Waals surface area contributed by atoms with Gasteiger partial charge in [-0.3, -0.25) is 9.59 Å². The summed E-state index contributed by atoms with van der Waals surface area (Å²) in [5.41, 5.74) is 6.04. The van der Waals surface area contributed by atoms with E-state index in [2.05, 4.69) is 5.32 Å². The molecular weight excluding hydrogens is 300 g/mol. The Balaban J connectivity index is 1.61. The van der Waals surface area contributed by atoms with Crippen LogP contribution in [-0.4, -0.2) is 25.2 Å². The van der Waals surface area contributed by atoms with Gasteiger partial charge in [0.25, 0.3) is 11.8 Å². The van der Waals surface area contributed by atoms with Crippen LogP contribution in [0.4, 0.5) is 5.69 Å². The quantitative estimate of drug-likeness (QED) is 0.872. The molecule has 0 atom stereocenters. The highest BCUT2D eigenvalue weighted by molar-refractivity contribution is 5.96. The third-order valence-corrected chi connectivity index (χ3v) is 3.17. The van der Waals surface area contributed by atoms with Crippen molar-refractivity contribution in [2.24, 2.45) is 5.73 Å². The average molecular weight is 314 g/mol. The second kappa shape index (κ2) is 6.27. The van der Waals surface area contributed by atoms with E-state index in [0.29, 0.717) is 17.2 Å². The molecule has 0 saturated heterocycles. The normalized spacial score (nSPS) is 11.8. The summed E-state index contributed by atoms with van der Waals surface area (Å²) >= 11 is 0. The van der Waals surface area contributed by atoms with Gasteiger partial charge in [-0.1, -0.05) is 12.1 Å². The van der Waals surface area contributed by atoms with Crippen molar-refractivity contribution in [2.45, 2.75) is 0 Å². The van der Waals surface area contributed by atoms with Crippen molar-refractivity contribution in [1.29, 1.82) is 0 Å². The van der Waals surface area contributed by atoms with Crippen molar-refractivity contribution >= 4 is 17.5 Å². The smallest absolute Gasteiger partial charge is 0.262 e. The molecule has 0 spiro atoms. The first-order valence-electron chi connectivity index (χ1n) is 6.84. The second-order valence-corrected chi connectivity index (χ2v) is 4.77. The zero-order valence-electron chi connectivity index (χ0n) is 12.1. The lowest BCUT2D eigenvalue weighted by molar-refractivity contribution is -0.118. The number of anilines is 1. The third kappa shape index (κ3) is 3.34. The number of nitrogens with two attached hydrogens (primary N) is 1. The number of amides is 2. The lowest BCUT2D eigenvalue weighted by Crippen LogP contribution is -2.21. The Kier molecular flexibility index (Phi) is 4.01. The summed E-state index contributed by atoms with van der Waals surface area (Å²) in [6.45, 7) is -0.0848. The van der Waals surface area contributed by atoms with Gasteiger partial charge in [0.15, 0.2) is 18.1 Å². The van der Waals surface area contributed by atoms with Crippen molar-refractivity contribution in [1.82, 2.24) is 0 Å². The van der Waals surface area contributed by atoms with Crippen LogP contribution in [0.1, 0.15) is 10.4 Å². The number of primary amides is 1. The maximum atomic E-state index is 11.9. The van der Waals surface area contributed by atoms with Gasteiger partial charge in [0.2, 0.25) is 6.79 Å². The predicted octanol–water partition coefficient (Wildman–Crippen LogP) is 1.53. The molecule has 7 nitrogen and oxygen atoms in total. The molecule has 3 rings (SSSR count). The first-order chi connectivity index (χ1) is 11.1. The van der Waals surface area contributed by atoms with Crippen LogP contribution in [0, 0.1) is 0 Å². The van der Waals surface area contributed by atoms with Crippen LogP contribution in [0.25, 0.3) is 0 Å². The lowest BCUT2D eigenvalue weighted by Gasteiger charge is -2.10. The van der Waals surface area contributed by atoms with Gasteiger partial charge in [0.1, 0.15) is 5.75 Å². The highest BCUT2D eigenvalue weighted by Crippen LogP contribution is 2.34. The topological polar surface area (TPSA) is 99.9 Å². The molecule has 3 N–H and O–H groups in total. The van der Waals surface area contributed by atoms with Crippen LogP contribution in [0.3, 0.4) is 0 Å². The zero-order valence-corrected chi connectivity index (χ0v) is 12.1. The molecule has 7 heteroatoms. The Morgan fingerprint density at radius 3 is 2.74 bits per heavy atom. The molecule has 0 unspecified atom stereocenters.